The van der Waals surface area contributed by atoms with Crippen molar-refractivity contribution in [2.45, 2.75) is 391 Å². The Hall–Kier alpha value is -1.64. The monoisotopic (exact) mass is 1590 g/mol. The summed E-state index contributed by atoms with van der Waals surface area (Å²) in [4.78, 5) is 34.3. The second kappa shape index (κ2) is 45.5. The molecular formula is C87H174F9N11O3. The number of aliphatic hydroxyl groups excluding tert-OH is 2. The fraction of sp³-hybridized carbons (Fsp3) is 0.989. The van der Waals surface area contributed by atoms with Crippen LogP contribution in [0.5, 0.6) is 0 Å². The van der Waals surface area contributed by atoms with Crippen molar-refractivity contribution in [2.75, 3.05) is 151 Å². The summed E-state index contributed by atoms with van der Waals surface area (Å²) < 4.78 is 112. The van der Waals surface area contributed by atoms with Crippen molar-refractivity contribution in [2.24, 2.45) is 17.3 Å². The number of halogens is 9. The normalized spacial score (nSPS) is 26.7. The molecule has 14 nitrogen and oxygen atoms in total. The zero-order valence-corrected chi connectivity index (χ0v) is 76.6. The van der Waals surface area contributed by atoms with Crippen LogP contribution in [0, 0.1) is 17.3 Å². The minimum atomic E-state index is -4.07. The van der Waals surface area contributed by atoms with Crippen molar-refractivity contribution in [3.05, 3.63) is 0 Å². The average Bonchev–Trinajstić information content (AvgIpc) is 1.15. The lowest BCUT2D eigenvalue weighted by Crippen LogP contribution is -2.58. The maximum atomic E-state index is 12.9. The maximum Gasteiger partial charge on any atom is 0.401 e. The predicted octanol–water partition coefficient (Wildman–Crippen LogP) is 18.3. The van der Waals surface area contributed by atoms with E-state index >= 15 is 0 Å². The topological polar surface area (TPSA) is 93.2 Å². The van der Waals surface area contributed by atoms with Crippen LogP contribution in [0.1, 0.15) is 298 Å². The summed E-state index contributed by atoms with van der Waals surface area (Å²) in [7, 11) is 1.86. The number of carbonyl (C=O) groups is 1. The number of piperazine rings is 2. The van der Waals surface area contributed by atoms with E-state index in [1.54, 1.807) is 9.80 Å². The van der Waals surface area contributed by atoms with E-state index in [1.807, 2.05) is 46.6 Å². The SMILES string of the molecule is CC(C)(C)N1CCC(F)C1.CC(C)(C)N1CCC(O)C1.CC(C)(C)N1CCCC(F)(F)C1.CC(C)(C)N1CCCC(F)C1.CC(C)(C)N1CCCC(O)C1.CC(C)(C)N1CCCCC1.CC(C)(C)N1CCN(CC(F)(F)F)CC1.CC(C)N1CC(F)(F)C1.CN1CCN(C(C)(C)C)CC1=O.C[C@H]1CCC(C(C)(C)C)C1. The van der Waals surface area contributed by atoms with Gasteiger partial charge >= 0.3 is 6.18 Å². The molecule has 0 radical (unpaired) electrons. The van der Waals surface area contributed by atoms with Crippen LogP contribution in [-0.4, -0.2) is 314 Å². The van der Waals surface area contributed by atoms with Crippen molar-refractivity contribution in [3.8, 4) is 0 Å². The molecule has 10 rings (SSSR count). The maximum absolute atomic E-state index is 12.9. The van der Waals surface area contributed by atoms with E-state index in [0.29, 0.717) is 50.1 Å². The molecule has 6 atom stereocenters. The Bertz CT molecular complexity index is 2340. The number of hydrogen-bond donors (Lipinski definition) is 2. The summed E-state index contributed by atoms with van der Waals surface area (Å²) >= 11 is 0. The highest BCUT2D eigenvalue weighted by molar-refractivity contribution is 5.78. The van der Waals surface area contributed by atoms with Gasteiger partial charge in [-0.2, -0.15) is 13.2 Å². The van der Waals surface area contributed by atoms with Gasteiger partial charge in [-0.25, -0.2) is 26.3 Å². The Morgan fingerprint density at radius 2 is 0.773 bits per heavy atom. The van der Waals surface area contributed by atoms with Gasteiger partial charge in [0.1, 0.15) is 12.3 Å². The molecule has 110 heavy (non-hydrogen) atoms. The molecule has 5 unspecified atom stereocenters. The molecule has 9 aliphatic heterocycles. The number of nitrogens with zero attached hydrogens (tertiary/aromatic N) is 11. The second-order valence-electron chi connectivity index (χ2n) is 42.9. The zero-order chi connectivity index (χ0) is 85.4. The number of aliphatic hydroxyl groups is 2. The Labute approximate surface area is 670 Å². The van der Waals surface area contributed by atoms with Gasteiger partial charge in [0.25, 0.3) is 11.8 Å². The first-order valence-corrected chi connectivity index (χ1v) is 42.7. The zero-order valence-electron chi connectivity index (χ0n) is 76.6. The predicted molar refractivity (Wildman–Crippen MR) is 446 cm³/mol. The first kappa shape index (κ1) is 106. The lowest BCUT2D eigenvalue weighted by molar-refractivity contribution is -0.150. The van der Waals surface area contributed by atoms with Crippen LogP contribution in [0.3, 0.4) is 0 Å². The van der Waals surface area contributed by atoms with E-state index < -0.39 is 36.9 Å². The van der Waals surface area contributed by atoms with Crippen LogP contribution >= 0.6 is 0 Å². The van der Waals surface area contributed by atoms with Crippen molar-refractivity contribution < 1.29 is 54.5 Å². The molecule has 0 bridgehead atoms. The molecule has 9 saturated heterocycles. The second-order valence-corrected chi connectivity index (χ2v) is 42.9. The third-order valence-electron chi connectivity index (χ3n) is 23.1. The molecule has 658 valence electrons. The molecule has 0 spiro atoms. The van der Waals surface area contributed by atoms with E-state index in [0.717, 1.165) is 122 Å². The van der Waals surface area contributed by atoms with Crippen LogP contribution in [0.2, 0.25) is 0 Å². The fourth-order valence-electron chi connectivity index (χ4n) is 14.9. The number of β-amino-alcohol motifs (C(OH)–C–C–N with tert-alkyl or cyclic N) is 2. The minimum absolute atomic E-state index is 0.0509. The number of piperidine rings is 4. The van der Waals surface area contributed by atoms with Crippen molar-refractivity contribution in [1.82, 2.24) is 53.9 Å². The molecule has 9 heterocycles. The molecule has 1 aliphatic carbocycles. The van der Waals surface area contributed by atoms with Crippen LogP contribution in [0.25, 0.3) is 0 Å². The third-order valence-corrected chi connectivity index (χ3v) is 23.1. The summed E-state index contributed by atoms with van der Waals surface area (Å²) in [5, 5.41) is 18.6. The van der Waals surface area contributed by atoms with E-state index in [2.05, 4.69) is 207 Å². The van der Waals surface area contributed by atoms with Gasteiger partial charge in [-0.1, -0.05) is 40.5 Å². The van der Waals surface area contributed by atoms with E-state index in [-0.39, 0.29) is 89.0 Å². The summed E-state index contributed by atoms with van der Waals surface area (Å²) in [6.07, 6.45) is 9.42. The number of rotatable bonds is 2. The van der Waals surface area contributed by atoms with Crippen LogP contribution in [0.4, 0.5) is 39.5 Å². The van der Waals surface area contributed by atoms with E-state index in [4.69, 9.17) is 0 Å². The van der Waals surface area contributed by atoms with Crippen molar-refractivity contribution in [1.29, 1.82) is 0 Å². The first-order valence-electron chi connectivity index (χ1n) is 42.7. The third kappa shape index (κ3) is 45.3. The van der Waals surface area contributed by atoms with Gasteiger partial charge in [0, 0.05) is 142 Å². The molecule has 23 heteroatoms. The molecule has 0 aromatic carbocycles. The standard InChI is InChI=1S/C10H19F3N2.C10H20.C9H17F2N.C9H18FN.C9H18N2O.C9H19NO.C9H19N.C8H16FN.C8H17NO.C6H11F2N/c1-9(2,3)15-6-4-14(5-7-15)8-10(11,12)13;1-8-5-6-9(7-8)10(2,3)4;1-8(2,3)12-6-4-5-9(10,11)7-12;1-9(2,3)11-6-4-5-8(10)7-11;1-9(2,3)11-6-5-10(4)8(12)7-11;1-9(2,3)10-6-4-5-8(11)7-10;1-9(2,3)10-7-5-4-6-8-10;1-8(2,3)10-5-4-7(9)6-10;1-8(2,3)9-5-4-7(10)6-9;1-5(2)9-3-6(7,8)4-9/h4-8H2,1-3H3;8-9H,5-7H2,1-4H3;4-7H2,1-3H3;8H,4-7H2,1-3H3;5-7H2,1-4H3;8,11H,4-7H2,1-3H3;4-8H2,1-3H3;7H,4-6H2,1-3H3;7,10H,4-6H2,1-3H3;5H,3-4H2,1-2H3/t;8-,9?;;;;;;;;/m.0......../s1. The number of amides is 1. The highest BCUT2D eigenvalue weighted by Gasteiger charge is 2.45. The largest absolute Gasteiger partial charge is 0.401 e. The van der Waals surface area contributed by atoms with Crippen LogP contribution in [0.15, 0.2) is 0 Å². The van der Waals surface area contributed by atoms with Gasteiger partial charge < -0.3 is 15.1 Å². The van der Waals surface area contributed by atoms with Crippen molar-refractivity contribution >= 4 is 5.91 Å². The lowest BCUT2D eigenvalue weighted by Gasteiger charge is -2.42. The smallest absolute Gasteiger partial charge is 0.392 e. The molecule has 10 aliphatic rings. The quantitative estimate of drug-likeness (QED) is 0.257. The lowest BCUT2D eigenvalue weighted by atomic mass is 9.79. The molecular weight excluding hydrogens is 1420 g/mol. The Morgan fingerprint density at radius 3 is 1.05 bits per heavy atom. The minimum Gasteiger partial charge on any atom is -0.392 e. The van der Waals surface area contributed by atoms with Crippen LogP contribution in [-0.2, 0) is 4.79 Å². The van der Waals surface area contributed by atoms with Gasteiger partial charge in [0.15, 0.2) is 0 Å². The van der Waals surface area contributed by atoms with Gasteiger partial charge in [-0.05, 0) is 301 Å². The Morgan fingerprint density at radius 1 is 0.400 bits per heavy atom. The van der Waals surface area contributed by atoms with Gasteiger partial charge in [-0.15, -0.1) is 0 Å². The number of hydrogen-bond acceptors (Lipinski definition) is 13. The highest BCUT2D eigenvalue weighted by Crippen LogP contribution is 2.42. The Balaban J connectivity index is 0.000000613. The fourth-order valence-corrected chi connectivity index (χ4v) is 14.9. The molecule has 2 N–H and O–H groups in total. The van der Waals surface area contributed by atoms with E-state index in [9.17, 15) is 54.5 Å². The molecule has 1 amide bonds. The van der Waals surface area contributed by atoms with E-state index in [1.165, 1.54) is 56.5 Å². The Kier molecular flexibility index (Phi) is 44.0. The molecule has 0 aromatic heterocycles. The van der Waals surface area contributed by atoms with Crippen molar-refractivity contribution in [3.63, 3.8) is 0 Å². The molecule has 0 aromatic rings. The number of likely N-dealkylation sites (tertiary alicyclic amines) is 7. The van der Waals surface area contributed by atoms with Gasteiger partial charge in [0.05, 0.1) is 44.9 Å². The average molecular weight is 1590 g/mol. The molecule has 1 saturated carbocycles. The van der Waals surface area contributed by atoms with Gasteiger partial charge in [0.2, 0.25) is 5.91 Å². The van der Waals surface area contributed by atoms with Gasteiger partial charge in [-0.3, -0.25) is 53.8 Å². The molecule has 10 fully saturated rings. The van der Waals surface area contributed by atoms with Crippen LogP contribution < -0.4 is 0 Å². The summed E-state index contributed by atoms with van der Waals surface area (Å²) in [6.45, 7) is 79.4. The highest BCUT2D eigenvalue weighted by atomic mass is 19.4. The first-order chi connectivity index (χ1) is 49.5. The number of alkyl halides is 9. The summed E-state index contributed by atoms with van der Waals surface area (Å²) in [6, 6.07) is 0.268. The summed E-state index contributed by atoms with van der Waals surface area (Å²) in [5.74, 6) is -2.65. The number of carbonyl (C=O) groups excluding carboxylic acids is 1. The number of likely N-dealkylation sites (N-methyl/N-ethyl adjacent to an activating group) is 1. The summed E-state index contributed by atoms with van der Waals surface area (Å²) in [5.41, 5.74) is 1.78.